The highest BCUT2D eigenvalue weighted by atomic mass is 35.5. The van der Waals surface area contributed by atoms with Crippen LogP contribution in [-0.4, -0.2) is 28.5 Å². The quantitative estimate of drug-likeness (QED) is 0.397. The molecule has 0 atom stereocenters. The molecular formula is C23H19ClN2O4S. The van der Waals surface area contributed by atoms with Crippen molar-refractivity contribution in [1.29, 1.82) is 0 Å². The fourth-order valence-corrected chi connectivity index (χ4v) is 5.24. The largest absolute Gasteiger partial charge is 0.481 e. The Labute approximate surface area is 184 Å². The lowest BCUT2D eigenvalue weighted by molar-refractivity contribution is -0.137. The molecule has 6 nitrogen and oxygen atoms in total. The summed E-state index contributed by atoms with van der Waals surface area (Å²) in [6.07, 6.45) is 0.533. The highest BCUT2D eigenvalue weighted by Gasteiger charge is 2.24. The van der Waals surface area contributed by atoms with E-state index < -0.39 is 16.0 Å². The summed E-state index contributed by atoms with van der Waals surface area (Å²) in [7, 11) is -3.93. The molecule has 0 bridgehead atoms. The fourth-order valence-electron chi connectivity index (χ4n) is 3.53. The minimum Gasteiger partial charge on any atom is -0.481 e. The van der Waals surface area contributed by atoms with Gasteiger partial charge in [0.15, 0.2) is 0 Å². The van der Waals surface area contributed by atoms with E-state index in [4.69, 9.17) is 16.7 Å². The zero-order valence-electron chi connectivity index (χ0n) is 16.4. The third kappa shape index (κ3) is 4.33. The molecule has 1 N–H and O–H groups in total. The number of aryl methyl sites for hydroxylation is 1. The molecule has 0 aliphatic heterocycles. The Morgan fingerprint density at radius 3 is 2.32 bits per heavy atom. The number of carboxylic acid groups (broad SMARTS) is 1. The van der Waals surface area contributed by atoms with Gasteiger partial charge >= 0.3 is 5.97 Å². The van der Waals surface area contributed by atoms with Crippen LogP contribution in [0.5, 0.6) is 0 Å². The van der Waals surface area contributed by atoms with Crippen LogP contribution in [0.2, 0.25) is 5.15 Å². The molecule has 0 aliphatic rings. The highest BCUT2D eigenvalue weighted by Crippen LogP contribution is 2.28. The van der Waals surface area contributed by atoms with Gasteiger partial charge < -0.3 is 5.11 Å². The maximum absolute atomic E-state index is 13.5. The first-order valence-electron chi connectivity index (χ1n) is 9.66. The van der Waals surface area contributed by atoms with Gasteiger partial charge in [-0.05, 0) is 54.3 Å². The van der Waals surface area contributed by atoms with Gasteiger partial charge in [0, 0.05) is 12.1 Å². The summed E-state index contributed by atoms with van der Waals surface area (Å²) in [6.45, 7) is 0. The summed E-state index contributed by atoms with van der Waals surface area (Å²) in [5.74, 6) is -0.928. The van der Waals surface area contributed by atoms with Gasteiger partial charge in [0.25, 0.3) is 10.0 Å². The van der Waals surface area contributed by atoms with E-state index in [-0.39, 0.29) is 22.9 Å². The lowest BCUT2D eigenvalue weighted by Crippen LogP contribution is -2.16. The van der Waals surface area contributed by atoms with E-state index >= 15 is 0 Å². The summed E-state index contributed by atoms with van der Waals surface area (Å²) in [5.41, 5.74) is 3.22. The van der Waals surface area contributed by atoms with Gasteiger partial charge in [0.1, 0.15) is 5.15 Å². The molecule has 0 fully saturated rings. The molecule has 8 heteroatoms. The number of carboxylic acids is 1. The number of rotatable bonds is 7. The SMILES string of the molecule is O=C(O)CCCc1cc2nc(Cl)ccc2n1S(=O)(=O)c1ccc(-c2ccccc2)cc1. The number of aromatic nitrogens is 2. The second kappa shape index (κ2) is 8.53. The molecule has 0 unspecified atom stereocenters. The summed E-state index contributed by atoms with van der Waals surface area (Å²) in [5, 5.41) is 9.20. The second-order valence-electron chi connectivity index (χ2n) is 7.08. The molecule has 4 rings (SSSR count). The summed E-state index contributed by atoms with van der Waals surface area (Å²) < 4.78 is 28.3. The molecule has 0 spiro atoms. The number of aliphatic carboxylic acids is 1. The molecule has 0 saturated heterocycles. The van der Waals surface area contributed by atoms with Gasteiger partial charge in [0.2, 0.25) is 0 Å². The number of nitrogens with zero attached hydrogens (tertiary/aromatic N) is 2. The number of carbonyl (C=O) groups is 1. The molecule has 31 heavy (non-hydrogen) atoms. The van der Waals surface area contributed by atoms with E-state index in [1.165, 1.54) is 10.0 Å². The highest BCUT2D eigenvalue weighted by molar-refractivity contribution is 7.90. The molecule has 0 amide bonds. The maximum atomic E-state index is 13.5. The predicted molar refractivity (Wildman–Crippen MR) is 120 cm³/mol. The van der Waals surface area contributed by atoms with Crippen LogP contribution in [0.4, 0.5) is 0 Å². The molecule has 158 valence electrons. The van der Waals surface area contributed by atoms with Crippen molar-refractivity contribution in [3.8, 4) is 11.1 Å². The monoisotopic (exact) mass is 454 g/mol. The molecule has 4 aromatic rings. The van der Waals surface area contributed by atoms with Crippen molar-refractivity contribution in [3.05, 3.63) is 83.6 Å². The second-order valence-corrected chi connectivity index (χ2v) is 9.26. The lowest BCUT2D eigenvalue weighted by atomic mass is 10.1. The third-order valence-electron chi connectivity index (χ3n) is 4.97. The van der Waals surface area contributed by atoms with E-state index in [2.05, 4.69) is 4.98 Å². The topological polar surface area (TPSA) is 89.3 Å². The Balaban J connectivity index is 1.77. The van der Waals surface area contributed by atoms with Crippen molar-refractivity contribution < 1.29 is 18.3 Å². The normalized spacial score (nSPS) is 11.6. The number of hydrogen-bond donors (Lipinski definition) is 1. The zero-order valence-corrected chi connectivity index (χ0v) is 18.0. The number of halogens is 1. The van der Waals surface area contributed by atoms with Gasteiger partial charge in [-0.2, -0.15) is 0 Å². The van der Waals surface area contributed by atoms with E-state index in [1.54, 1.807) is 36.4 Å². The van der Waals surface area contributed by atoms with Gasteiger partial charge in [-0.15, -0.1) is 0 Å². The first-order valence-corrected chi connectivity index (χ1v) is 11.5. The van der Waals surface area contributed by atoms with Crippen molar-refractivity contribution in [2.45, 2.75) is 24.2 Å². The van der Waals surface area contributed by atoms with E-state index in [1.807, 2.05) is 30.3 Å². The fraction of sp³-hybridized carbons (Fsp3) is 0.130. The first-order chi connectivity index (χ1) is 14.9. The smallest absolute Gasteiger partial charge is 0.303 e. The van der Waals surface area contributed by atoms with Gasteiger partial charge in [-0.25, -0.2) is 17.4 Å². The minimum atomic E-state index is -3.93. The van der Waals surface area contributed by atoms with Crippen LogP contribution in [0.1, 0.15) is 18.5 Å². The number of benzene rings is 2. The third-order valence-corrected chi connectivity index (χ3v) is 6.96. The molecule has 0 aliphatic carbocycles. The first kappa shape index (κ1) is 21.1. The Morgan fingerprint density at radius 1 is 0.968 bits per heavy atom. The van der Waals surface area contributed by atoms with Crippen molar-refractivity contribution in [1.82, 2.24) is 8.96 Å². The summed E-state index contributed by atoms with van der Waals surface area (Å²) in [4.78, 5) is 15.3. The van der Waals surface area contributed by atoms with Crippen LogP contribution in [0.3, 0.4) is 0 Å². The number of pyridine rings is 1. The predicted octanol–water partition coefficient (Wildman–Crippen LogP) is 5.00. The summed E-state index contributed by atoms with van der Waals surface area (Å²) in [6, 6.07) is 21.2. The Kier molecular flexibility index (Phi) is 5.80. The average molecular weight is 455 g/mol. The van der Waals surface area contributed by atoms with Crippen LogP contribution < -0.4 is 0 Å². The number of hydrogen-bond acceptors (Lipinski definition) is 4. The molecule has 2 heterocycles. The summed E-state index contributed by atoms with van der Waals surface area (Å²) >= 11 is 5.99. The van der Waals surface area contributed by atoms with Gasteiger partial charge in [-0.3, -0.25) is 4.79 Å². The van der Waals surface area contributed by atoms with Crippen LogP contribution in [0, 0.1) is 0 Å². The molecule has 0 radical (unpaired) electrons. The minimum absolute atomic E-state index is 0.0540. The molecule has 0 saturated carbocycles. The van der Waals surface area contributed by atoms with Gasteiger partial charge in [0.05, 0.1) is 15.9 Å². The van der Waals surface area contributed by atoms with Crippen molar-refractivity contribution in [2.75, 3.05) is 0 Å². The van der Waals surface area contributed by atoms with E-state index in [9.17, 15) is 13.2 Å². The van der Waals surface area contributed by atoms with Crippen molar-refractivity contribution in [3.63, 3.8) is 0 Å². The average Bonchev–Trinajstić information content (AvgIpc) is 3.12. The Hall–Kier alpha value is -3.16. The zero-order chi connectivity index (χ0) is 22.0. The Morgan fingerprint density at radius 2 is 1.65 bits per heavy atom. The molecular weight excluding hydrogens is 436 g/mol. The van der Waals surface area contributed by atoms with Crippen LogP contribution in [0.15, 0.2) is 77.7 Å². The van der Waals surface area contributed by atoms with Crippen LogP contribution in [-0.2, 0) is 21.2 Å². The van der Waals surface area contributed by atoms with Crippen LogP contribution in [0.25, 0.3) is 22.2 Å². The molecule has 2 aromatic heterocycles. The van der Waals surface area contributed by atoms with E-state index in [0.29, 0.717) is 23.1 Å². The standard InChI is InChI=1S/C23H19ClN2O4S/c24-22-14-13-21-20(25-22)15-18(7-4-8-23(27)28)26(21)31(29,30)19-11-9-17(10-12-19)16-5-2-1-3-6-16/h1-3,5-6,9-15H,4,7-8H2,(H,27,28). The van der Waals surface area contributed by atoms with Crippen LogP contribution >= 0.6 is 11.6 Å². The van der Waals surface area contributed by atoms with E-state index in [0.717, 1.165) is 11.1 Å². The van der Waals surface area contributed by atoms with Gasteiger partial charge in [-0.1, -0.05) is 54.1 Å². The molecule has 2 aromatic carbocycles. The maximum Gasteiger partial charge on any atom is 0.303 e. The lowest BCUT2D eigenvalue weighted by Gasteiger charge is -2.12. The number of fused-ring (bicyclic) bond motifs is 1. The van der Waals surface area contributed by atoms with Crippen molar-refractivity contribution >= 4 is 38.6 Å². The van der Waals surface area contributed by atoms with Crippen molar-refractivity contribution in [2.24, 2.45) is 0 Å². The Bertz CT molecular complexity index is 1350.